The van der Waals surface area contributed by atoms with E-state index in [0.717, 1.165) is 12.8 Å². The van der Waals surface area contributed by atoms with Gasteiger partial charge in [-0.3, -0.25) is 9.59 Å². The van der Waals surface area contributed by atoms with E-state index in [9.17, 15) is 14.0 Å². The van der Waals surface area contributed by atoms with Gasteiger partial charge in [0.05, 0.1) is 18.8 Å². The maximum atomic E-state index is 14.0. The molecule has 1 saturated heterocycles. The molecule has 1 amide bonds. The van der Waals surface area contributed by atoms with Crippen molar-refractivity contribution in [2.45, 2.75) is 31.7 Å². The molecule has 2 aliphatic rings. The lowest BCUT2D eigenvalue weighted by Gasteiger charge is -2.32. The second kappa shape index (κ2) is 7.13. The monoisotopic (exact) mass is 371 g/mol. The van der Waals surface area contributed by atoms with Gasteiger partial charge in [-0.25, -0.2) is 9.07 Å². The molecule has 0 spiro atoms. The second-order valence-electron chi connectivity index (χ2n) is 7.18. The molecule has 0 atom stereocenters. The number of rotatable bonds is 4. The number of halogens is 1. The minimum absolute atomic E-state index is 0.0520. The summed E-state index contributed by atoms with van der Waals surface area (Å²) in [6.45, 7) is 1.30. The van der Waals surface area contributed by atoms with E-state index in [4.69, 9.17) is 4.74 Å². The first kappa shape index (κ1) is 17.7. The Balaban J connectivity index is 1.54. The zero-order valence-electron chi connectivity index (χ0n) is 15.2. The fourth-order valence-corrected chi connectivity index (χ4v) is 3.59. The van der Waals surface area contributed by atoms with Crippen LogP contribution in [0.1, 0.15) is 31.7 Å². The summed E-state index contributed by atoms with van der Waals surface area (Å²) in [6.07, 6.45) is 3.40. The first-order chi connectivity index (χ1) is 13.1. The molecule has 2 heterocycles. The van der Waals surface area contributed by atoms with Crippen molar-refractivity contribution >= 4 is 5.91 Å². The van der Waals surface area contributed by atoms with Crippen molar-refractivity contribution < 1.29 is 13.9 Å². The maximum absolute atomic E-state index is 14.0. The van der Waals surface area contributed by atoms with E-state index in [0.29, 0.717) is 37.2 Å². The number of carbonyl (C=O) groups is 1. The van der Waals surface area contributed by atoms with Crippen LogP contribution in [0.25, 0.3) is 11.3 Å². The number of amides is 1. The summed E-state index contributed by atoms with van der Waals surface area (Å²) in [5.74, 6) is 0.160. The molecule has 2 fully saturated rings. The highest BCUT2D eigenvalue weighted by molar-refractivity contribution is 5.81. The molecule has 7 heteroatoms. The van der Waals surface area contributed by atoms with Crippen LogP contribution in [-0.4, -0.2) is 40.8 Å². The minimum Gasteiger partial charge on any atom is -0.494 e. The normalized spacial score (nSPS) is 17.8. The summed E-state index contributed by atoms with van der Waals surface area (Å²) in [5, 5.41) is 4.47. The van der Waals surface area contributed by atoms with Crippen LogP contribution in [-0.2, 0) is 4.79 Å². The fraction of sp³-hybridized carbons (Fsp3) is 0.450. The number of methoxy groups -OCH3 is 1. The number of likely N-dealkylation sites (tertiary alicyclic amines) is 1. The molecule has 1 saturated carbocycles. The molecular weight excluding hydrogens is 349 g/mol. The molecule has 1 aliphatic heterocycles. The number of aromatic nitrogens is 2. The Labute approximate surface area is 156 Å². The van der Waals surface area contributed by atoms with E-state index in [2.05, 4.69) is 5.10 Å². The van der Waals surface area contributed by atoms with Crippen molar-refractivity contribution in [2.24, 2.45) is 5.92 Å². The molecule has 1 aromatic heterocycles. The van der Waals surface area contributed by atoms with Crippen LogP contribution in [0.3, 0.4) is 0 Å². The van der Waals surface area contributed by atoms with Gasteiger partial charge in [0, 0.05) is 30.6 Å². The molecule has 0 N–H and O–H groups in total. The van der Waals surface area contributed by atoms with Gasteiger partial charge < -0.3 is 9.64 Å². The number of carbonyl (C=O) groups excluding carboxylic acids is 1. The van der Waals surface area contributed by atoms with Crippen molar-refractivity contribution in [1.82, 2.24) is 14.7 Å². The van der Waals surface area contributed by atoms with Gasteiger partial charge in [-0.05, 0) is 49.9 Å². The van der Waals surface area contributed by atoms with Crippen molar-refractivity contribution in [1.29, 1.82) is 0 Å². The van der Waals surface area contributed by atoms with Crippen LogP contribution < -0.4 is 10.3 Å². The average molecular weight is 371 g/mol. The number of nitrogens with zero attached hydrogens (tertiary/aromatic N) is 3. The number of piperidine rings is 1. The minimum atomic E-state index is -0.471. The smallest absolute Gasteiger partial charge is 0.267 e. The Hall–Kier alpha value is -2.70. The number of ether oxygens (including phenoxy) is 1. The predicted molar refractivity (Wildman–Crippen MR) is 98.0 cm³/mol. The third-order valence-corrected chi connectivity index (χ3v) is 5.32. The van der Waals surface area contributed by atoms with Gasteiger partial charge >= 0.3 is 0 Å². The van der Waals surface area contributed by atoms with Crippen molar-refractivity contribution in [3.8, 4) is 17.0 Å². The highest BCUT2D eigenvalue weighted by Crippen LogP contribution is 2.33. The summed E-state index contributed by atoms with van der Waals surface area (Å²) in [4.78, 5) is 26.4. The average Bonchev–Trinajstić information content (AvgIpc) is 3.53. The molecular formula is C20H22FN3O3. The first-order valence-corrected chi connectivity index (χ1v) is 9.29. The second-order valence-corrected chi connectivity index (χ2v) is 7.18. The van der Waals surface area contributed by atoms with E-state index in [1.54, 1.807) is 18.2 Å². The summed E-state index contributed by atoms with van der Waals surface area (Å²) < 4.78 is 20.4. The third-order valence-electron chi connectivity index (χ3n) is 5.32. The molecule has 1 aromatic carbocycles. The summed E-state index contributed by atoms with van der Waals surface area (Å²) in [5.41, 5.74) is 0.940. The van der Waals surface area contributed by atoms with Crippen LogP contribution in [0.4, 0.5) is 4.39 Å². The SMILES string of the molecule is COc1ccc(-c2ccc(=O)n(C3CCN(C(=O)C4CC4)CC3)n2)cc1F. The van der Waals surface area contributed by atoms with E-state index in [-0.39, 0.29) is 29.2 Å². The number of benzene rings is 1. The Bertz CT molecular complexity index is 915. The molecule has 6 nitrogen and oxygen atoms in total. The summed E-state index contributed by atoms with van der Waals surface area (Å²) in [7, 11) is 1.41. The van der Waals surface area contributed by atoms with Crippen LogP contribution in [0.5, 0.6) is 5.75 Å². The molecule has 142 valence electrons. The van der Waals surface area contributed by atoms with Crippen LogP contribution in [0, 0.1) is 11.7 Å². The van der Waals surface area contributed by atoms with E-state index >= 15 is 0 Å². The van der Waals surface area contributed by atoms with Gasteiger partial charge in [0.25, 0.3) is 5.56 Å². The number of hydrogen-bond acceptors (Lipinski definition) is 4. The molecule has 2 aromatic rings. The molecule has 0 unspecified atom stereocenters. The van der Waals surface area contributed by atoms with Crippen LogP contribution in [0.2, 0.25) is 0 Å². The summed E-state index contributed by atoms with van der Waals surface area (Å²) in [6, 6.07) is 7.63. The lowest BCUT2D eigenvalue weighted by atomic mass is 10.0. The van der Waals surface area contributed by atoms with E-state index in [1.165, 1.54) is 23.9 Å². The quantitative estimate of drug-likeness (QED) is 0.829. The third kappa shape index (κ3) is 3.59. The largest absolute Gasteiger partial charge is 0.494 e. The Kier molecular flexibility index (Phi) is 4.68. The topological polar surface area (TPSA) is 64.4 Å². The lowest BCUT2D eigenvalue weighted by molar-refractivity contribution is -0.133. The Morgan fingerprint density at radius 3 is 2.52 bits per heavy atom. The molecule has 27 heavy (non-hydrogen) atoms. The van der Waals surface area contributed by atoms with Crippen molar-refractivity contribution in [3.05, 3.63) is 46.5 Å². The Morgan fingerprint density at radius 2 is 1.89 bits per heavy atom. The lowest BCUT2D eigenvalue weighted by Crippen LogP contribution is -2.42. The van der Waals surface area contributed by atoms with Crippen molar-refractivity contribution in [2.75, 3.05) is 20.2 Å². The van der Waals surface area contributed by atoms with Gasteiger partial charge in [0.1, 0.15) is 0 Å². The highest BCUT2D eigenvalue weighted by Gasteiger charge is 2.35. The maximum Gasteiger partial charge on any atom is 0.267 e. The van der Waals surface area contributed by atoms with Crippen LogP contribution >= 0.6 is 0 Å². The van der Waals surface area contributed by atoms with Gasteiger partial charge in [0.15, 0.2) is 11.6 Å². The zero-order valence-corrected chi connectivity index (χ0v) is 15.2. The van der Waals surface area contributed by atoms with Crippen LogP contribution in [0.15, 0.2) is 35.1 Å². The molecule has 1 aliphatic carbocycles. The first-order valence-electron chi connectivity index (χ1n) is 9.29. The van der Waals surface area contributed by atoms with Gasteiger partial charge in [0.2, 0.25) is 5.91 Å². The summed E-state index contributed by atoms with van der Waals surface area (Å²) >= 11 is 0. The van der Waals surface area contributed by atoms with Gasteiger partial charge in [-0.1, -0.05) is 0 Å². The molecule has 4 rings (SSSR count). The van der Waals surface area contributed by atoms with E-state index in [1.807, 2.05) is 4.90 Å². The van der Waals surface area contributed by atoms with E-state index < -0.39 is 5.82 Å². The van der Waals surface area contributed by atoms with Gasteiger partial charge in [-0.15, -0.1) is 0 Å². The molecule has 0 bridgehead atoms. The standard InChI is InChI=1S/C20H22FN3O3/c1-27-18-6-4-14(12-16(18)21)17-5-7-19(25)24(22-17)15-8-10-23(11-9-15)20(26)13-2-3-13/h4-7,12-13,15H,2-3,8-11H2,1H3. The fourth-order valence-electron chi connectivity index (χ4n) is 3.59. The predicted octanol–water partition coefficient (Wildman–Crippen LogP) is 2.63. The zero-order chi connectivity index (χ0) is 19.0. The van der Waals surface area contributed by atoms with Crippen molar-refractivity contribution in [3.63, 3.8) is 0 Å². The Morgan fingerprint density at radius 1 is 1.15 bits per heavy atom. The number of hydrogen-bond donors (Lipinski definition) is 0. The highest BCUT2D eigenvalue weighted by atomic mass is 19.1. The van der Waals surface area contributed by atoms with Gasteiger partial charge in [-0.2, -0.15) is 5.10 Å². The molecule has 0 radical (unpaired) electrons.